The van der Waals surface area contributed by atoms with Gasteiger partial charge in [-0.15, -0.1) is 0 Å². The van der Waals surface area contributed by atoms with Crippen molar-refractivity contribution in [1.29, 1.82) is 0 Å². The molecule has 0 aromatic heterocycles. The van der Waals surface area contributed by atoms with Crippen LogP contribution in [0.1, 0.15) is 18.9 Å². The lowest BCUT2D eigenvalue weighted by Crippen LogP contribution is -2.21. The van der Waals surface area contributed by atoms with E-state index in [-0.39, 0.29) is 0 Å². The first kappa shape index (κ1) is 9.97. The molecule has 0 saturated carbocycles. The van der Waals surface area contributed by atoms with Crippen molar-refractivity contribution in [1.82, 2.24) is 0 Å². The summed E-state index contributed by atoms with van der Waals surface area (Å²) in [5.74, 6) is 0. The van der Waals surface area contributed by atoms with Gasteiger partial charge in [-0.1, -0.05) is 15.9 Å². The van der Waals surface area contributed by atoms with Gasteiger partial charge in [0.25, 0.3) is 0 Å². The molecule has 76 valence electrons. The van der Waals surface area contributed by atoms with Crippen LogP contribution in [-0.4, -0.2) is 12.2 Å². The van der Waals surface area contributed by atoms with Gasteiger partial charge in [0.05, 0.1) is 0 Å². The van der Waals surface area contributed by atoms with Crippen molar-refractivity contribution in [2.24, 2.45) is 0 Å². The summed E-state index contributed by atoms with van der Waals surface area (Å²) < 4.78 is 14.9. The summed E-state index contributed by atoms with van der Waals surface area (Å²) in [7, 11) is 0. The van der Waals surface area contributed by atoms with E-state index in [4.69, 9.17) is 0 Å². The number of nitrogens with one attached hydrogen (secondary N) is 1. The summed E-state index contributed by atoms with van der Waals surface area (Å²) in [4.78, 5) is 0. The molecular weight excluding hydrogens is 245 g/mol. The van der Waals surface area contributed by atoms with Crippen molar-refractivity contribution in [3.8, 4) is 0 Å². The monoisotopic (exact) mass is 257 g/mol. The molecule has 1 heterocycles. The smallest absolute Gasteiger partial charge is 0.114 e. The average Bonchev–Trinajstić information content (AvgIpc) is 2.21. The molecule has 1 atom stereocenters. The summed E-state index contributed by atoms with van der Waals surface area (Å²) in [6.07, 6.45) is 1.06. The molecule has 0 spiro atoms. The van der Waals surface area contributed by atoms with Crippen molar-refractivity contribution in [2.45, 2.75) is 25.4 Å². The van der Waals surface area contributed by atoms with E-state index in [1.807, 2.05) is 18.2 Å². The maximum Gasteiger partial charge on any atom is 0.114 e. The Balaban J connectivity index is 2.38. The van der Waals surface area contributed by atoms with Crippen molar-refractivity contribution in [3.05, 3.63) is 28.2 Å². The molecule has 0 fully saturated rings. The molecule has 0 radical (unpaired) electrons. The van der Waals surface area contributed by atoms with Gasteiger partial charge in [-0.25, -0.2) is 4.39 Å². The number of rotatable bonds is 0. The fraction of sp³-hybridized carbons (Fsp3) is 0.455. The first-order valence-electron chi connectivity index (χ1n) is 4.78. The zero-order valence-electron chi connectivity index (χ0n) is 8.11. The highest BCUT2D eigenvalue weighted by Crippen LogP contribution is 2.31. The van der Waals surface area contributed by atoms with Crippen LogP contribution in [0.15, 0.2) is 22.7 Å². The minimum atomic E-state index is -1.08. The Kier molecular flexibility index (Phi) is 2.52. The maximum atomic E-state index is 13.9. The zero-order chi connectivity index (χ0) is 10.2. The third-order valence-corrected chi connectivity index (χ3v) is 3.08. The van der Waals surface area contributed by atoms with Gasteiger partial charge in [-0.2, -0.15) is 0 Å². The molecule has 1 aromatic carbocycles. The van der Waals surface area contributed by atoms with Gasteiger partial charge >= 0.3 is 0 Å². The maximum absolute atomic E-state index is 13.9. The molecule has 0 aliphatic carbocycles. The summed E-state index contributed by atoms with van der Waals surface area (Å²) in [6.45, 7) is 2.38. The predicted octanol–water partition coefficient (Wildman–Crippen LogP) is 3.54. The molecule has 3 heteroatoms. The lowest BCUT2D eigenvalue weighted by atomic mass is 9.96. The highest BCUT2D eigenvalue weighted by molar-refractivity contribution is 9.10. The van der Waals surface area contributed by atoms with Crippen LogP contribution in [0, 0.1) is 0 Å². The minimum absolute atomic E-state index is 0.495. The van der Waals surface area contributed by atoms with E-state index in [0.717, 1.165) is 15.7 Å². The van der Waals surface area contributed by atoms with Crippen LogP contribution in [0.5, 0.6) is 0 Å². The van der Waals surface area contributed by atoms with Gasteiger partial charge in [-0.05, 0) is 37.1 Å². The molecule has 0 bridgehead atoms. The molecule has 1 aliphatic heterocycles. The first-order valence-corrected chi connectivity index (χ1v) is 5.57. The van der Waals surface area contributed by atoms with E-state index >= 15 is 0 Å². The standard InChI is InChI=1S/C11H13BrFN/c1-11(13)4-5-14-10-3-2-9(12)6-8(10)7-11/h2-3,6,14H,4-5,7H2,1H3. The SMILES string of the molecule is CC1(F)CCNc2ccc(Br)cc2C1. The fourth-order valence-corrected chi connectivity index (χ4v) is 2.23. The second-order valence-corrected chi connectivity index (χ2v) is 4.98. The van der Waals surface area contributed by atoms with E-state index in [2.05, 4.69) is 21.2 Å². The van der Waals surface area contributed by atoms with Crippen LogP contribution in [0.25, 0.3) is 0 Å². The number of halogens is 2. The van der Waals surface area contributed by atoms with E-state index in [9.17, 15) is 4.39 Å². The molecule has 14 heavy (non-hydrogen) atoms. The number of hydrogen-bond acceptors (Lipinski definition) is 1. The molecule has 1 nitrogen and oxygen atoms in total. The fourth-order valence-electron chi connectivity index (χ4n) is 1.82. The van der Waals surface area contributed by atoms with Gasteiger partial charge in [-0.3, -0.25) is 0 Å². The van der Waals surface area contributed by atoms with Crippen LogP contribution in [-0.2, 0) is 6.42 Å². The van der Waals surface area contributed by atoms with Crippen LogP contribution in [0.3, 0.4) is 0 Å². The average molecular weight is 258 g/mol. The van der Waals surface area contributed by atoms with Gasteiger partial charge in [0, 0.05) is 23.1 Å². The molecule has 1 N–H and O–H groups in total. The van der Waals surface area contributed by atoms with Crippen molar-refractivity contribution in [2.75, 3.05) is 11.9 Å². The van der Waals surface area contributed by atoms with Gasteiger partial charge in [0.1, 0.15) is 5.67 Å². The Morgan fingerprint density at radius 3 is 3.07 bits per heavy atom. The van der Waals surface area contributed by atoms with Crippen molar-refractivity contribution in [3.63, 3.8) is 0 Å². The van der Waals surface area contributed by atoms with Crippen LogP contribution in [0.4, 0.5) is 10.1 Å². The Labute approximate surface area is 91.8 Å². The Bertz CT molecular complexity index is 349. The molecule has 1 aromatic rings. The van der Waals surface area contributed by atoms with E-state index in [0.29, 0.717) is 19.4 Å². The van der Waals surface area contributed by atoms with Gasteiger partial charge in [0.2, 0.25) is 0 Å². The second kappa shape index (κ2) is 3.54. The van der Waals surface area contributed by atoms with Crippen molar-refractivity contribution >= 4 is 21.6 Å². The number of anilines is 1. The number of fused-ring (bicyclic) bond motifs is 1. The number of hydrogen-bond donors (Lipinski definition) is 1. The Hall–Kier alpha value is -0.570. The van der Waals surface area contributed by atoms with Crippen LogP contribution >= 0.6 is 15.9 Å². The third-order valence-electron chi connectivity index (χ3n) is 2.59. The van der Waals surface area contributed by atoms with Gasteiger partial charge < -0.3 is 5.32 Å². The summed E-state index contributed by atoms with van der Waals surface area (Å²) in [5, 5.41) is 3.25. The quantitative estimate of drug-likeness (QED) is 0.750. The molecule has 1 unspecified atom stereocenters. The third kappa shape index (κ3) is 2.08. The molecule has 0 saturated heterocycles. The van der Waals surface area contributed by atoms with E-state index in [1.54, 1.807) is 6.92 Å². The second-order valence-electron chi connectivity index (χ2n) is 4.07. The topological polar surface area (TPSA) is 12.0 Å². The molecule has 1 aliphatic rings. The highest BCUT2D eigenvalue weighted by Gasteiger charge is 2.27. The largest absolute Gasteiger partial charge is 0.385 e. The Morgan fingerprint density at radius 1 is 1.50 bits per heavy atom. The molecular formula is C11H13BrFN. The summed E-state index contributed by atoms with van der Waals surface area (Å²) >= 11 is 3.40. The van der Waals surface area contributed by atoms with E-state index < -0.39 is 5.67 Å². The number of alkyl halides is 1. The van der Waals surface area contributed by atoms with Crippen LogP contribution in [0.2, 0.25) is 0 Å². The predicted molar refractivity (Wildman–Crippen MR) is 60.5 cm³/mol. The highest BCUT2D eigenvalue weighted by atomic mass is 79.9. The first-order chi connectivity index (χ1) is 6.57. The summed E-state index contributed by atoms with van der Waals surface area (Å²) in [6, 6.07) is 5.97. The number of benzene rings is 1. The zero-order valence-corrected chi connectivity index (χ0v) is 9.70. The minimum Gasteiger partial charge on any atom is -0.385 e. The van der Waals surface area contributed by atoms with Crippen LogP contribution < -0.4 is 5.32 Å². The summed E-state index contributed by atoms with van der Waals surface area (Å²) in [5.41, 5.74) is 1.04. The molecule has 0 amide bonds. The lowest BCUT2D eigenvalue weighted by molar-refractivity contribution is 0.183. The molecule has 2 rings (SSSR count). The van der Waals surface area contributed by atoms with E-state index in [1.165, 1.54) is 0 Å². The Morgan fingerprint density at radius 2 is 2.29 bits per heavy atom. The van der Waals surface area contributed by atoms with Gasteiger partial charge in [0.15, 0.2) is 0 Å². The lowest BCUT2D eigenvalue weighted by Gasteiger charge is -2.16. The normalized spacial score (nSPS) is 26.2. The van der Waals surface area contributed by atoms with Crippen molar-refractivity contribution < 1.29 is 4.39 Å².